The van der Waals surface area contributed by atoms with Gasteiger partial charge in [0, 0.05) is 12.8 Å². The first-order valence-corrected chi connectivity index (χ1v) is 37.4. The van der Waals surface area contributed by atoms with Crippen LogP contribution in [0.5, 0.6) is 0 Å². The summed E-state index contributed by atoms with van der Waals surface area (Å²) < 4.78 is 34.3. The number of rotatable bonds is 68. The Morgan fingerprint density at radius 3 is 0.914 bits per heavy atom. The topological polar surface area (TPSA) is 111 Å². The lowest BCUT2D eigenvalue weighted by Crippen LogP contribution is -2.37. The van der Waals surface area contributed by atoms with Crippen LogP contribution in [0, 0.1) is 0 Å². The third kappa shape index (κ3) is 67.7. The molecule has 0 aromatic rings. The van der Waals surface area contributed by atoms with Gasteiger partial charge in [-0.3, -0.25) is 14.2 Å². The van der Waals surface area contributed by atoms with Crippen LogP contribution >= 0.6 is 7.82 Å². The number of phosphoric acid groups is 1. The number of carbonyl (C=O) groups excluding carboxylic acids is 2. The third-order valence-corrected chi connectivity index (χ3v) is 17.5. The normalized spacial score (nSPS) is 13.1. The highest BCUT2D eigenvalue weighted by molar-refractivity contribution is 7.45. The van der Waals surface area contributed by atoms with E-state index in [2.05, 4.69) is 26.0 Å². The molecule has 0 N–H and O–H groups in total. The fourth-order valence-corrected chi connectivity index (χ4v) is 11.7. The van der Waals surface area contributed by atoms with Gasteiger partial charge < -0.3 is 27.9 Å². The predicted molar refractivity (Wildman–Crippen MR) is 347 cm³/mol. The quantitative estimate of drug-likeness (QED) is 0.0195. The van der Waals surface area contributed by atoms with Gasteiger partial charge in [0.1, 0.15) is 19.8 Å². The zero-order valence-electron chi connectivity index (χ0n) is 55.0. The minimum atomic E-state index is -4.64. The van der Waals surface area contributed by atoms with Crippen molar-refractivity contribution in [1.82, 2.24) is 0 Å². The number of hydrogen-bond acceptors (Lipinski definition) is 8. The van der Waals surface area contributed by atoms with E-state index in [9.17, 15) is 19.0 Å². The van der Waals surface area contributed by atoms with Crippen molar-refractivity contribution in [1.29, 1.82) is 0 Å². The van der Waals surface area contributed by atoms with E-state index < -0.39 is 26.5 Å². The smallest absolute Gasteiger partial charge is 0.306 e. The summed E-state index contributed by atoms with van der Waals surface area (Å²) in [5.74, 6) is -0.812. The second-order valence-electron chi connectivity index (χ2n) is 26.0. The van der Waals surface area contributed by atoms with Gasteiger partial charge in [0.25, 0.3) is 7.82 Å². The lowest BCUT2D eigenvalue weighted by atomic mass is 10.0. The summed E-state index contributed by atoms with van der Waals surface area (Å²) in [4.78, 5) is 38.0. The minimum Gasteiger partial charge on any atom is -0.756 e. The molecule has 0 saturated heterocycles. The Morgan fingerprint density at radius 1 is 0.370 bits per heavy atom. The van der Waals surface area contributed by atoms with E-state index in [0.717, 1.165) is 38.5 Å². The lowest BCUT2D eigenvalue weighted by Gasteiger charge is -2.28. The van der Waals surface area contributed by atoms with Crippen LogP contribution in [-0.2, 0) is 32.7 Å². The first-order valence-electron chi connectivity index (χ1n) is 35.9. The fraction of sp³-hybridized carbons (Fsp3) is 0.944. The maximum atomic E-state index is 12.8. The van der Waals surface area contributed by atoms with E-state index in [1.54, 1.807) is 0 Å². The number of quaternary nitrogens is 1. The highest BCUT2D eigenvalue weighted by Gasteiger charge is 2.22. The molecule has 10 heteroatoms. The van der Waals surface area contributed by atoms with Crippen molar-refractivity contribution in [2.45, 2.75) is 386 Å². The van der Waals surface area contributed by atoms with Gasteiger partial charge in [-0.05, 0) is 38.5 Å². The van der Waals surface area contributed by atoms with E-state index in [-0.39, 0.29) is 32.0 Å². The molecule has 0 rings (SSSR count). The van der Waals surface area contributed by atoms with Crippen molar-refractivity contribution in [3.63, 3.8) is 0 Å². The van der Waals surface area contributed by atoms with Crippen molar-refractivity contribution in [2.24, 2.45) is 0 Å². The molecule has 81 heavy (non-hydrogen) atoms. The summed E-state index contributed by atoms with van der Waals surface area (Å²) in [6.45, 7) is 4.32. The van der Waals surface area contributed by atoms with Gasteiger partial charge >= 0.3 is 11.9 Å². The Hall–Kier alpha value is -1.25. The molecule has 0 aliphatic rings. The number of ether oxygens (including phenoxy) is 2. The van der Waals surface area contributed by atoms with Gasteiger partial charge in [-0.25, -0.2) is 0 Å². The number of phosphoric ester groups is 1. The first-order chi connectivity index (χ1) is 39.5. The van der Waals surface area contributed by atoms with Crippen LogP contribution in [0.25, 0.3) is 0 Å². The highest BCUT2D eigenvalue weighted by atomic mass is 31.2. The van der Waals surface area contributed by atoms with Gasteiger partial charge in [0.05, 0.1) is 27.7 Å². The summed E-state index contributed by atoms with van der Waals surface area (Å²) in [7, 11) is 1.19. The van der Waals surface area contributed by atoms with Crippen molar-refractivity contribution in [3.05, 3.63) is 12.2 Å². The summed E-state index contributed by atoms with van der Waals surface area (Å²) in [5, 5.41) is 0. The van der Waals surface area contributed by atoms with Crippen LogP contribution in [0.1, 0.15) is 380 Å². The van der Waals surface area contributed by atoms with Crippen molar-refractivity contribution in [2.75, 3.05) is 47.5 Å². The van der Waals surface area contributed by atoms with Gasteiger partial charge in [0.2, 0.25) is 0 Å². The van der Waals surface area contributed by atoms with Crippen molar-refractivity contribution in [3.8, 4) is 0 Å². The molecule has 0 fully saturated rings. The number of nitrogens with zero attached hydrogens (tertiary/aromatic N) is 1. The molecule has 0 saturated carbocycles. The number of carbonyl (C=O) groups is 2. The maximum Gasteiger partial charge on any atom is 0.306 e. The molecule has 0 spiro atoms. The second-order valence-corrected chi connectivity index (χ2v) is 27.4. The summed E-state index contributed by atoms with van der Waals surface area (Å²) in [6, 6.07) is 0. The van der Waals surface area contributed by atoms with E-state index in [1.165, 1.54) is 308 Å². The van der Waals surface area contributed by atoms with Crippen molar-refractivity contribution < 1.29 is 42.1 Å². The van der Waals surface area contributed by atoms with Crippen LogP contribution in [0.4, 0.5) is 0 Å². The summed E-state index contributed by atoms with van der Waals surface area (Å²) in [5.41, 5.74) is 0. The largest absolute Gasteiger partial charge is 0.756 e. The molecule has 2 atom stereocenters. The van der Waals surface area contributed by atoms with Gasteiger partial charge in [-0.2, -0.15) is 0 Å². The SMILES string of the molecule is CCCCCCCCCC/C=C\CCCCCCCCCCCC(=O)OC(COC(=O)CCCCCCCCCCCCCCCCCCCCCCCCCCCCCCCCCCCCCC)COP(=O)([O-])OCC[N+](C)(C)C. The van der Waals surface area contributed by atoms with Gasteiger partial charge in [-0.1, -0.05) is 341 Å². The Morgan fingerprint density at radius 2 is 0.630 bits per heavy atom. The molecule has 482 valence electrons. The average Bonchev–Trinajstić information content (AvgIpc) is 3.43. The molecular formula is C71H140NO8P. The van der Waals surface area contributed by atoms with E-state index in [4.69, 9.17) is 18.5 Å². The lowest BCUT2D eigenvalue weighted by molar-refractivity contribution is -0.870. The monoisotopic (exact) mass is 1170 g/mol. The standard InChI is InChI=1S/C71H140NO8P/c1-6-8-10-12-14-16-18-20-22-24-26-28-29-30-31-32-33-34-35-36-37-38-39-40-41-42-44-45-47-49-51-53-55-57-59-61-63-70(73)77-67-69(68-79-81(75,76)78-66-65-72(3,4)5)80-71(74)64-62-60-58-56-54-52-50-48-46-43-27-25-23-21-19-17-15-13-11-9-7-2/h25,27,69H,6-24,26,28-68H2,1-5H3/b27-25-. The second kappa shape index (κ2) is 63.3. The maximum absolute atomic E-state index is 12.8. The highest BCUT2D eigenvalue weighted by Crippen LogP contribution is 2.38. The van der Waals surface area contributed by atoms with Crippen LogP contribution in [-0.4, -0.2) is 70.0 Å². The van der Waals surface area contributed by atoms with Gasteiger partial charge in [-0.15, -0.1) is 0 Å². The van der Waals surface area contributed by atoms with Crippen LogP contribution in [0.3, 0.4) is 0 Å². The molecule has 0 aromatic carbocycles. The van der Waals surface area contributed by atoms with Crippen LogP contribution < -0.4 is 4.89 Å². The molecule has 0 aliphatic carbocycles. The first kappa shape index (κ1) is 79.8. The molecule has 2 unspecified atom stereocenters. The summed E-state index contributed by atoms with van der Waals surface area (Å²) >= 11 is 0. The Balaban J connectivity index is 3.91. The van der Waals surface area contributed by atoms with Crippen LogP contribution in [0.2, 0.25) is 0 Å². The van der Waals surface area contributed by atoms with Crippen molar-refractivity contribution >= 4 is 19.8 Å². The molecule has 9 nitrogen and oxygen atoms in total. The average molecular weight is 1170 g/mol. The zero-order chi connectivity index (χ0) is 59.1. The number of esters is 2. The Kier molecular flexibility index (Phi) is 62.3. The predicted octanol–water partition coefficient (Wildman–Crippen LogP) is 22.5. The number of unbranched alkanes of at least 4 members (excludes halogenated alkanes) is 52. The number of allylic oxidation sites excluding steroid dienone is 2. The Bertz CT molecular complexity index is 1370. The molecular weight excluding hydrogens is 1030 g/mol. The van der Waals surface area contributed by atoms with E-state index >= 15 is 0 Å². The number of hydrogen-bond donors (Lipinski definition) is 0. The molecule has 0 aliphatic heterocycles. The van der Waals surface area contributed by atoms with E-state index in [1.807, 2.05) is 21.1 Å². The van der Waals surface area contributed by atoms with E-state index in [0.29, 0.717) is 17.4 Å². The molecule has 0 radical (unpaired) electrons. The molecule has 0 heterocycles. The van der Waals surface area contributed by atoms with Crippen LogP contribution in [0.15, 0.2) is 12.2 Å². The summed E-state index contributed by atoms with van der Waals surface area (Å²) in [6.07, 6.45) is 77.5. The van der Waals surface area contributed by atoms with Gasteiger partial charge in [0.15, 0.2) is 6.10 Å². The molecule has 0 bridgehead atoms. The zero-order valence-corrected chi connectivity index (χ0v) is 55.9. The number of likely N-dealkylation sites (N-methyl/N-ethyl adjacent to an activating group) is 1. The third-order valence-electron chi connectivity index (χ3n) is 16.5. The molecule has 0 amide bonds. The Labute approximate surface area is 505 Å². The minimum absolute atomic E-state index is 0.0272. The molecule has 0 aromatic heterocycles. The fourth-order valence-electron chi connectivity index (χ4n) is 11.0.